The number of anilines is 6. The summed E-state index contributed by atoms with van der Waals surface area (Å²) in [5.74, 6) is -1.30. The third kappa shape index (κ3) is 22.3. The van der Waals surface area contributed by atoms with Gasteiger partial charge in [0, 0.05) is 62.5 Å². The lowest BCUT2D eigenvalue weighted by atomic mass is 10.1. The molecule has 0 aliphatic carbocycles. The molecular formula is C74H78ClN13O12. The molecule has 12 aromatic rings. The second-order valence-corrected chi connectivity index (χ2v) is 19.4. The van der Waals surface area contributed by atoms with Gasteiger partial charge in [0.2, 0.25) is 5.91 Å². The van der Waals surface area contributed by atoms with Gasteiger partial charge in [-0.25, -0.2) is 15.0 Å². The number of nitrogens with one attached hydrogen (secondary N) is 4. The number of para-hydroxylation sites is 10. The first-order chi connectivity index (χ1) is 48.7. The Morgan fingerprint density at radius 3 is 0.960 bits per heavy atom. The van der Waals surface area contributed by atoms with Crippen LogP contribution in [0.15, 0.2) is 212 Å². The Labute approximate surface area is 581 Å². The molecule has 9 aromatic carbocycles. The minimum atomic E-state index is -0.893. The van der Waals surface area contributed by atoms with Gasteiger partial charge in [0.25, 0.3) is 23.0 Å². The van der Waals surface area contributed by atoms with E-state index in [0.717, 1.165) is 76.8 Å². The van der Waals surface area contributed by atoms with Crippen LogP contribution < -0.4 is 38.5 Å². The Morgan fingerprint density at radius 2 is 0.690 bits per heavy atom. The summed E-state index contributed by atoms with van der Waals surface area (Å²) in [7, 11) is 1.50. The molecule has 3 heterocycles. The Bertz CT molecular complexity index is 4400. The fourth-order valence-corrected chi connectivity index (χ4v) is 9.75. The number of rotatable bonds is 16. The van der Waals surface area contributed by atoms with Crippen molar-refractivity contribution < 1.29 is 43.5 Å². The summed E-state index contributed by atoms with van der Waals surface area (Å²) in [5.41, 5.74) is 23.6. The normalized spacial score (nSPS) is 9.91. The molecule has 0 aliphatic rings. The maximum Gasteiger partial charge on any atom is 0.373 e. The maximum absolute atomic E-state index is 12.8. The van der Waals surface area contributed by atoms with Crippen molar-refractivity contribution in [1.82, 2.24) is 20.3 Å². The second-order valence-electron chi connectivity index (χ2n) is 19.4. The van der Waals surface area contributed by atoms with Crippen LogP contribution in [0.5, 0.6) is 0 Å². The highest BCUT2D eigenvalue weighted by Gasteiger charge is 2.24. The van der Waals surface area contributed by atoms with Gasteiger partial charge in [0.15, 0.2) is 0 Å². The molecule has 100 heavy (non-hydrogen) atoms. The fourth-order valence-electron chi connectivity index (χ4n) is 9.75. The Morgan fingerprint density at radius 1 is 0.430 bits per heavy atom. The van der Waals surface area contributed by atoms with Gasteiger partial charge >= 0.3 is 12.3 Å². The zero-order valence-electron chi connectivity index (χ0n) is 56.3. The molecule has 0 spiro atoms. The van der Waals surface area contributed by atoms with Gasteiger partial charge < -0.3 is 38.5 Å². The van der Waals surface area contributed by atoms with Crippen molar-refractivity contribution in [3.05, 3.63) is 248 Å². The molecule has 12 rings (SSSR count). The van der Waals surface area contributed by atoms with Gasteiger partial charge in [-0.15, -0.1) is 11.6 Å². The van der Waals surface area contributed by atoms with Gasteiger partial charge in [-0.1, -0.05) is 175 Å². The Balaban J connectivity index is 0.000000360. The van der Waals surface area contributed by atoms with E-state index in [4.69, 9.17) is 30.6 Å². The number of fused-ring (bicyclic) bond motifs is 6. The van der Waals surface area contributed by atoms with Crippen LogP contribution >= 0.6 is 11.6 Å². The average molecular weight is 1380 g/mol. The zero-order valence-corrected chi connectivity index (χ0v) is 57.1. The van der Waals surface area contributed by atoms with E-state index in [-0.39, 0.29) is 50.5 Å². The molecule has 0 aliphatic heterocycles. The number of nitrogens with two attached hydrogens (primary N) is 3. The Kier molecular flexibility index (Phi) is 36.2. The summed E-state index contributed by atoms with van der Waals surface area (Å²) in [6.45, 7) is 12.5. The number of primary amides is 1. The first kappa shape index (κ1) is 81.7. The molecule has 0 fully saturated rings. The number of unbranched alkanes of at least 4 members (excludes halogenated alkanes) is 1. The smallest absolute Gasteiger partial charge is 0.368 e. The number of benzene rings is 9. The van der Waals surface area contributed by atoms with Crippen LogP contribution in [-0.4, -0.2) is 79.9 Å². The number of nitro benzene ring substituents is 3. The number of nitro groups is 3. The van der Waals surface area contributed by atoms with Gasteiger partial charge in [-0.3, -0.25) is 39.9 Å². The van der Waals surface area contributed by atoms with Gasteiger partial charge in [0.05, 0.1) is 64.9 Å². The topological polar surface area (TPSA) is 397 Å². The maximum atomic E-state index is 12.8. The van der Waals surface area contributed by atoms with Crippen LogP contribution in [-0.2, 0) is 24.0 Å². The van der Waals surface area contributed by atoms with Gasteiger partial charge in [0.1, 0.15) is 23.1 Å². The summed E-state index contributed by atoms with van der Waals surface area (Å²) in [6.07, 6.45) is 3.60. The molecular weight excluding hydrogens is 1300 g/mol. The molecule has 2 amide bonds. The second kappa shape index (κ2) is 44.3. The van der Waals surface area contributed by atoms with Crippen LogP contribution in [0.25, 0.3) is 65.4 Å². The number of amides is 2. The molecule has 25 nitrogen and oxygen atoms in total. The number of alkyl halides is 1. The molecule has 0 radical (unpaired) electrons. The lowest BCUT2D eigenvalue weighted by Gasteiger charge is -2.16. The molecule has 26 heteroatoms. The predicted molar refractivity (Wildman–Crippen MR) is 396 cm³/mol. The standard InChI is InChI=1S/C26H26N6O4.2C19H13N3O2.3C2H6.CH3Cl.CH5N.2CO2/c27-14-6-5-11-22(25(28)33)31-26(34)16-12-13-21(23(15-16)32(35)36)30-24-17-7-1-3-9-19(17)29-20-10-4-2-8-18(20)24;2*23-22(24)18-12-6-5-11-17(18)21-19-13-7-1-3-9-15(13)20-16-10-4-2-8-14(16)19;5*1-2;2*2-1-3/h1-4,7-10,12-13,15,22H,5-6,11,14,27H2,(H2,28,33)(H,29,30)(H,31,34);2*1-12H,(H,20,21);3*1-2H3;1H3;2H2,1H3;;. The monoisotopic (exact) mass is 1380 g/mol. The number of nitrogens with zero attached hydrogens (tertiary/aromatic N) is 6. The van der Waals surface area contributed by atoms with E-state index < -0.39 is 22.8 Å². The molecule has 10 N–H and O–H groups in total. The summed E-state index contributed by atoms with van der Waals surface area (Å²) in [6, 6.07) is 62.6. The molecule has 0 saturated heterocycles. The van der Waals surface area contributed by atoms with Gasteiger partial charge in [-0.05, 0) is 93.5 Å². The average Bonchev–Trinajstić information content (AvgIpc) is 0.785. The fraction of sp³-hybridized carbons (Fsp3) is 0.176. The van der Waals surface area contributed by atoms with Crippen molar-refractivity contribution in [2.75, 3.05) is 35.9 Å². The largest absolute Gasteiger partial charge is 0.373 e. The summed E-state index contributed by atoms with van der Waals surface area (Å²) < 4.78 is 0. The third-order valence-corrected chi connectivity index (χ3v) is 13.8. The summed E-state index contributed by atoms with van der Waals surface area (Å²) >= 11 is 4.64. The number of aromatic nitrogens is 3. The first-order valence-electron chi connectivity index (χ1n) is 31.3. The lowest BCUT2D eigenvalue weighted by molar-refractivity contribution is -0.384. The summed E-state index contributed by atoms with van der Waals surface area (Å²) in [5, 5.41) is 52.1. The zero-order chi connectivity index (χ0) is 74.1. The van der Waals surface area contributed by atoms with E-state index in [9.17, 15) is 39.9 Å². The first-order valence-corrected chi connectivity index (χ1v) is 32.1. The highest BCUT2D eigenvalue weighted by atomic mass is 35.5. The van der Waals surface area contributed by atoms with Crippen molar-refractivity contribution >= 4 is 152 Å². The molecule has 0 saturated carbocycles. The van der Waals surface area contributed by atoms with Crippen molar-refractivity contribution in [1.29, 1.82) is 0 Å². The van der Waals surface area contributed by atoms with E-state index in [0.29, 0.717) is 42.9 Å². The molecule has 518 valence electrons. The minimum Gasteiger partial charge on any atom is -0.368 e. The van der Waals surface area contributed by atoms with Crippen molar-refractivity contribution in [3.8, 4) is 0 Å². The number of pyridine rings is 3. The van der Waals surface area contributed by atoms with Crippen molar-refractivity contribution in [2.24, 2.45) is 17.2 Å². The third-order valence-electron chi connectivity index (χ3n) is 13.8. The number of hydrogen-bond acceptors (Lipinski definition) is 20. The quantitative estimate of drug-likeness (QED) is 0.0155. The van der Waals surface area contributed by atoms with Crippen molar-refractivity contribution in [3.63, 3.8) is 0 Å². The predicted octanol–water partition coefficient (Wildman–Crippen LogP) is 16.2. The van der Waals surface area contributed by atoms with Crippen LogP contribution in [0.1, 0.15) is 71.2 Å². The van der Waals surface area contributed by atoms with Crippen LogP contribution in [0, 0.1) is 30.3 Å². The van der Waals surface area contributed by atoms with Gasteiger partial charge in [-0.2, -0.15) is 19.2 Å². The number of carbonyl (C=O) groups excluding carboxylic acids is 6. The molecule has 1 unspecified atom stereocenters. The van der Waals surface area contributed by atoms with E-state index in [1.54, 1.807) is 36.4 Å². The number of hydrogen-bond donors (Lipinski definition) is 7. The van der Waals surface area contributed by atoms with Crippen LogP contribution in [0.4, 0.5) is 51.2 Å². The lowest BCUT2D eigenvalue weighted by Crippen LogP contribution is -2.44. The Hall–Kier alpha value is -12.5. The highest BCUT2D eigenvalue weighted by molar-refractivity contribution is 6.15. The van der Waals surface area contributed by atoms with E-state index in [2.05, 4.69) is 53.6 Å². The summed E-state index contributed by atoms with van der Waals surface area (Å²) in [4.78, 5) is 104. The number of carbonyl (C=O) groups is 2. The van der Waals surface area contributed by atoms with E-state index in [1.807, 2.05) is 187 Å². The molecule has 0 bridgehead atoms. The molecule has 3 aromatic heterocycles. The SMILES string of the molecule is CC.CC.CC.CCl.CN.NCCCCC(NC(=O)c1ccc(Nc2c3ccccc3nc3ccccc23)c([N+](=O)[O-])c1)C(N)=O.O=C=O.O=C=O.O=[N+]([O-])c1ccccc1Nc1c2ccccc2nc2ccccc12.O=[N+]([O-])c1ccccc1Nc1c2ccccc2nc2ccccc12. The minimum absolute atomic E-state index is 0.0433. The van der Waals surface area contributed by atoms with E-state index in [1.165, 1.54) is 43.8 Å². The highest BCUT2D eigenvalue weighted by Crippen LogP contribution is 2.39. The van der Waals surface area contributed by atoms with Crippen LogP contribution in [0.2, 0.25) is 0 Å². The van der Waals surface area contributed by atoms with Crippen molar-refractivity contribution in [2.45, 2.75) is 66.8 Å². The molecule has 1 atom stereocenters. The van der Waals surface area contributed by atoms with E-state index >= 15 is 0 Å². The number of halogens is 1. The van der Waals surface area contributed by atoms with Crippen LogP contribution in [0.3, 0.4) is 0 Å².